The summed E-state index contributed by atoms with van der Waals surface area (Å²) in [6.07, 6.45) is 0. The molecule has 0 spiro atoms. The third kappa shape index (κ3) is 2.68. The maximum absolute atomic E-state index is 13.6. The van der Waals surface area contributed by atoms with Gasteiger partial charge in [-0.25, -0.2) is 4.39 Å². The Morgan fingerprint density at radius 3 is 2.44 bits per heavy atom. The zero-order chi connectivity index (χ0) is 13.1. The summed E-state index contributed by atoms with van der Waals surface area (Å²) >= 11 is 5.65. The minimum atomic E-state index is -0.602. The summed E-state index contributed by atoms with van der Waals surface area (Å²) in [5.41, 5.74) is 0.578. The average molecular weight is 265 g/mol. The van der Waals surface area contributed by atoms with E-state index in [1.807, 2.05) is 0 Å². The normalized spacial score (nSPS) is 10.2. The van der Waals surface area contributed by atoms with Crippen molar-refractivity contribution >= 4 is 17.4 Å². The number of carbonyl (C=O) groups excluding carboxylic acids is 1. The molecule has 2 aromatic rings. The highest BCUT2D eigenvalue weighted by molar-refractivity contribution is 6.30. The second-order valence-corrected chi connectivity index (χ2v) is 4.14. The molecule has 0 amide bonds. The van der Waals surface area contributed by atoms with Crippen molar-refractivity contribution < 1.29 is 13.9 Å². The van der Waals surface area contributed by atoms with Gasteiger partial charge in [0.1, 0.15) is 5.75 Å². The van der Waals surface area contributed by atoms with Gasteiger partial charge in [0.15, 0.2) is 17.3 Å². The third-order valence-electron chi connectivity index (χ3n) is 2.40. The molecule has 0 radical (unpaired) electrons. The van der Waals surface area contributed by atoms with Crippen molar-refractivity contribution in [3.8, 4) is 11.5 Å². The largest absolute Gasteiger partial charge is 0.454 e. The van der Waals surface area contributed by atoms with Gasteiger partial charge in [-0.15, -0.1) is 0 Å². The zero-order valence-electron chi connectivity index (χ0n) is 9.61. The summed E-state index contributed by atoms with van der Waals surface area (Å²) in [7, 11) is 0. The average Bonchev–Trinajstić information content (AvgIpc) is 2.36. The molecular formula is C14H10ClFO2. The van der Waals surface area contributed by atoms with Gasteiger partial charge >= 0.3 is 0 Å². The van der Waals surface area contributed by atoms with Gasteiger partial charge in [0, 0.05) is 5.56 Å². The molecule has 0 aliphatic heterocycles. The summed E-state index contributed by atoms with van der Waals surface area (Å²) in [6, 6.07) is 11.0. The van der Waals surface area contributed by atoms with E-state index >= 15 is 0 Å². The van der Waals surface area contributed by atoms with Gasteiger partial charge in [0.2, 0.25) is 0 Å². The summed E-state index contributed by atoms with van der Waals surface area (Å²) in [5.74, 6) is -0.135. The zero-order valence-corrected chi connectivity index (χ0v) is 10.4. The van der Waals surface area contributed by atoms with Crippen molar-refractivity contribution in [2.75, 3.05) is 0 Å². The van der Waals surface area contributed by atoms with Crippen molar-refractivity contribution in [1.29, 1.82) is 0 Å². The van der Waals surface area contributed by atoms with Gasteiger partial charge in [-0.05, 0) is 43.3 Å². The third-order valence-corrected chi connectivity index (χ3v) is 2.70. The van der Waals surface area contributed by atoms with E-state index < -0.39 is 5.82 Å². The molecule has 0 N–H and O–H groups in total. The van der Waals surface area contributed by atoms with Gasteiger partial charge in [-0.3, -0.25) is 4.79 Å². The molecule has 0 aromatic heterocycles. The van der Waals surface area contributed by atoms with Crippen molar-refractivity contribution in [2.24, 2.45) is 0 Å². The van der Waals surface area contributed by atoms with Gasteiger partial charge in [-0.2, -0.15) is 0 Å². The highest BCUT2D eigenvalue weighted by Crippen LogP contribution is 2.28. The van der Waals surface area contributed by atoms with Crippen LogP contribution < -0.4 is 4.74 Å². The minimum Gasteiger partial charge on any atom is -0.454 e. The number of ether oxygens (including phenoxy) is 1. The topological polar surface area (TPSA) is 26.3 Å². The molecule has 0 fully saturated rings. The molecule has 0 aliphatic rings. The number of benzene rings is 2. The Kier molecular flexibility index (Phi) is 3.63. The molecule has 92 valence electrons. The number of Topliss-reactive ketones (excluding diaryl/α,β-unsaturated/α-hetero) is 1. The van der Waals surface area contributed by atoms with Crippen LogP contribution in [0, 0.1) is 5.82 Å². The number of halogens is 2. The van der Waals surface area contributed by atoms with Gasteiger partial charge in [0.05, 0.1) is 5.02 Å². The second-order valence-electron chi connectivity index (χ2n) is 3.73. The molecule has 0 atom stereocenters. The monoisotopic (exact) mass is 264 g/mol. The smallest absolute Gasteiger partial charge is 0.184 e. The van der Waals surface area contributed by atoms with E-state index in [9.17, 15) is 9.18 Å². The Morgan fingerprint density at radius 2 is 1.83 bits per heavy atom. The summed E-state index contributed by atoms with van der Waals surface area (Å²) in [5, 5.41) is 0.00727. The van der Waals surface area contributed by atoms with Crippen molar-refractivity contribution in [2.45, 2.75) is 6.92 Å². The molecular weight excluding hydrogens is 255 g/mol. The van der Waals surface area contributed by atoms with Crippen molar-refractivity contribution in [3.63, 3.8) is 0 Å². The van der Waals surface area contributed by atoms with Gasteiger partial charge < -0.3 is 4.74 Å². The van der Waals surface area contributed by atoms with Crippen molar-refractivity contribution in [3.05, 3.63) is 58.9 Å². The van der Waals surface area contributed by atoms with E-state index in [1.165, 1.54) is 19.1 Å². The molecule has 0 saturated carbocycles. The van der Waals surface area contributed by atoms with E-state index in [2.05, 4.69) is 0 Å². The highest BCUT2D eigenvalue weighted by atomic mass is 35.5. The number of hydrogen-bond acceptors (Lipinski definition) is 2. The highest BCUT2D eigenvalue weighted by Gasteiger charge is 2.08. The fourth-order valence-electron chi connectivity index (χ4n) is 1.45. The number of hydrogen-bond donors (Lipinski definition) is 0. The molecule has 18 heavy (non-hydrogen) atoms. The molecule has 0 aliphatic carbocycles. The quantitative estimate of drug-likeness (QED) is 0.765. The summed E-state index contributed by atoms with van der Waals surface area (Å²) < 4.78 is 18.9. The first-order chi connectivity index (χ1) is 8.58. The molecule has 2 nitrogen and oxygen atoms in total. The maximum Gasteiger partial charge on any atom is 0.184 e. The van der Waals surface area contributed by atoms with E-state index in [0.29, 0.717) is 11.3 Å². The predicted molar refractivity (Wildman–Crippen MR) is 67.9 cm³/mol. The lowest BCUT2D eigenvalue weighted by molar-refractivity contribution is 0.101. The van der Waals surface area contributed by atoms with Crippen LogP contribution >= 0.6 is 11.6 Å². The van der Waals surface area contributed by atoms with Crippen LogP contribution in [-0.4, -0.2) is 5.78 Å². The molecule has 0 bridgehead atoms. The Hall–Kier alpha value is -1.87. The van der Waals surface area contributed by atoms with E-state index in [1.54, 1.807) is 30.3 Å². The second kappa shape index (κ2) is 5.19. The van der Waals surface area contributed by atoms with Crippen LogP contribution in [0.5, 0.6) is 11.5 Å². The van der Waals surface area contributed by atoms with E-state index in [-0.39, 0.29) is 16.6 Å². The molecule has 0 unspecified atom stereocenters. The minimum absolute atomic E-state index is 0.00727. The molecule has 2 aromatic carbocycles. The first-order valence-electron chi connectivity index (χ1n) is 5.31. The standard InChI is InChI=1S/C14H10ClFO2/c1-9(17)10-5-7-11(8-6-10)18-13-4-2-3-12(15)14(13)16/h2-8H,1H3. The molecule has 0 saturated heterocycles. The van der Waals surface area contributed by atoms with Crippen LogP contribution in [-0.2, 0) is 0 Å². The summed E-state index contributed by atoms with van der Waals surface area (Å²) in [4.78, 5) is 11.1. The molecule has 4 heteroatoms. The summed E-state index contributed by atoms with van der Waals surface area (Å²) in [6.45, 7) is 1.48. The fourth-order valence-corrected chi connectivity index (χ4v) is 1.61. The van der Waals surface area contributed by atoms with Crippen LogP contribution in [0.15, 0.2) is 42.5 Å². The lowest BCUT2D eigenvalue weighted by Crippen LogP contribution is -1.92. The van der Waals surface area contributed by atoms with Crippen LogP contribution in [0.25, 0.3) is 0 Å². The van der Waals surface area contributed by atoms with Crippen LogP contribution in [0.1, 0.15) is 17.3 Å². The Labute approximate surface area is 109 Å². The Balaban J connectivity index is 2.24. The Bertz CT molecular complexity index is 579. The molecule has 2 rings (SSSR count). The Morgan fingerprint density at radius 1 is 1.17 bits per heavy atom. The lowest BCUT2D eigenvalue weighted by Gasteiger charge is -2.07. The van der Waals surface area contributed by atoms with Crippen LogP contribution in [0.2, 0.25) is 5.02 Å². The number of carbonyl (C=O) groups is 1. The van der Waals surface area contributed by atoms with Crippen LogP contribution in [0.4, 0.5) is 4.39 Å². The van der Waals surface area contributed by atoms with Gasteiger partial charge in [-0.1, -0.05) is 17.7 Å². The van der Waals surface area contributed by atoms with Crippen molar-refractivity contribution in [1.82, 2.24) is 0 Å². The number of rotatable bonds is 3. The molecule has 0 heterocycles. The SMILES string of the molecule is CC(=O)c1ccc(Oc2cccc(Cl)c2F)cc1. The first-order valence-corrected chi connectivity index (χ1v) is 5.68. The predicted octanol–water partition coefficient (Wildman–Crippen LogP) is 4.47. The van der Waals surface area contributed by atoms with E-state index in [4.69, 9.17) is 16.3 Å². The van der Waals surface area contributed by atoms with Gasteiger partial charge in [0.25, 0.3) is 0 Å². The first kappa shape index (κ1) is 12.6. The van der Waals surface area contributed by atoms with E-state index in [0.717, 1.165) is 0 Å². The number of ketones is 1. The van der Waals surface area contributed by atoms with Crippen LogP contribution in [0.3, 0.4) is 0 Å². The fraction of sp³-hybridized carbons (Fsp3) is 0.0714. The lowest BCUT2D eigenvalue weighted by atomic mass is 10.1. The maximum atomic E-state index is 13.6.